The number of hydrogen-bond acceptors (Lipinski definition) is 3. The topological polar surface area (TPSA) is 77.9 Å². The van der Waals surface area contributed by atoms with E-state index in [1.54, 1.807) is 0 Å². The van der Waals surface area contributed by atoms with E-state index in [9.17, 15) is 27.6 Å². The number of carboxylic acid groups (broad SMARTS) is 1. The third kappa shape index (κ3) is 3.64. The van der Waals surface area contributed by atoms with Gasteiger partial charge in [-0.1, -0.05) is 0 Å². The largest absolute Gasteiger partial charge is 0.481 e. The first-order chi connectivity index (χ1) is 9.67. The molecule has 21 heavy (non-hydrogen) atoms. The van der Waals surface area contributed by atoms with Crippen LogP contribution < -0.4 is 0 Å². The molecule has 1 N–H and O–H groups in total. The molecule has 9 heteroatoms. The van der Waals surface area contributed by atoms with Crippen LogP contribution in [0, 0.1) is 11.8 Å². The molecule has 118 valence electrons. The van der Waals surface area contributed by atoms with Gasteiger partial charge in [0.1, 0.15) is 6.54 Å². The Bertz CT molecular complexity index is 466. The zero-order valence-electron chi connectivity index (χ0n) is 11.1. The highest BCUT2D eigenvalue weighted by molar-refractivity contribution is 5.89. The number of alkyl halides is 3. The van der Waals surface area contributed by atoms with Crippen molar-refractivity contribution in [2.45, 2.75) is 19.0 Å². The fraction of sp³-hybridized carbons (Fsp3) is 0.750. The average Bonchev–Trinajstić information content (AvgIpc) is 2.94. The van der Waals surface area contributed by atoms with E-state index in [-0.39, 0.29) is 26.1 Å². The quantitative estimate of drug-likeness (QED) is 0.815. The Balaban J connectivity index is 1.93. The van der Waals surface area contributed by atoms with E-state index in [4.69, 9.17) is 5.11 Å². The first-order valence-corrected chi connectivity index (χ1v) is 6.53. The molecule has 2 rings (SSSR count). The van der Waals surface area contributed by atoms with Crippen LogP contribution in [0.25, 0.3) is 0 Å². The molecule has 2 saturated heterocycles. The van der Waals surface area contributed by atoms with Crippen molar-refractivity contribution in [1.29, 1.82) is 0 Å². The second-order valence-electron chi connectivity index (χ2n) is 5.40. The first kappa shape index (κ1) is 15.6. The molecule has 0 aliphatic carbocycles. The second-order valence-corrected chi connectivity index (χ2v) is 5.40. The summed E-state index contributed by atoms with van der Waals surface area (Å²) in [6.07, 6.45) is -4.41. The number of aliphatic carboxylic acids is 1. The van der Waals surface area contributed by atoms with E-state index < -0.39 is 42.3 Å². The highest BCUT2D eigenvalue weighted by Gasteiger charge is 2.43. The van der Waals surface area contributed by atoms with Crippen molar-refractivity contribution in [2.24, 2.45) is 11.8 Å². The van der Waals surface area contributed by atoms with Crippen LogP contribution in [0.15, 0.2) is 0 Å². The van der Waals surface area contributed by atoms with Crippen molar-refractivity contribution in [2.75, 3.05) is 26.2 Å². The summed E-state index contributed by atoms with van der Waals surface area (Å²) in [7, 11) is 0. The van der Waals surface area contributed by atoms with E-state index in [0.717, 1.165) is 0 Å². The van der Waals surface area contributed by atoms with Crippen molar-refractivity contribution >= 4 is 17.8 Å². The van der Waals surface area contributed by atoms with Gasteiger partial charge in [0.25, 0.3) is 0 Å². The molecule has 6 nitrogen and oxygen atoms in total. The molecular weight excluding hydrogens is 293 g/mol. The third-order valence-corrected chi connectivity index (χ3v) is 3.78. The number of carbonyl (C=O) groups is 3. The van der Waals surface area contributed by atoms with Crippen LogP contribution in [0.4, 0.5) is 13.2 Å². The molecule has 0 bridgehead atoms. The maximum atomic E-state index is 12.3. The van der Waals surface area contributed by atoms with E-state index >= 15 is 0 Å². The number of likely N-dealkylation sites (tertiary alicyclic amines) is 2. The molecule has 0 unspecified atom stereocenters. The fourth-order valence-electron chi connectivity index (χ4n) is 2.73. The van der Waals surface area contributed by atoms with Gasteiger partial charge >= 0.3 is 12.1 Å². The molecule has 2 heterocycles. The molecule has 2 aliphatic heterocycles. The van der Waals surface area contributed by atoms with E-state index in [1.807, 2.05) is 0 Å². The van der Waals surface area contributed by atoms with Gasteiger partial charge in [-0.3, -0.25) is 14.4 Å². The predicted octanol–water partition coefficient (Wildman–Crippen LogP) is 0.330. The number of rotatable bonds is 3. The molecule has 0 spiro atoms. The molecule has 2 atom stereocenters. The highest BCUT2D eigenvalue weighted by atomic mass is 19.4. The molecule has 0 aromatic carbocycles. The summed E-state index contributed by atoms with van der Waals surface area (Å²) in [6, 6.07) is 0. The third-order valence-electron chi connectivity index (χ3n) is 3.78. The molecule has 2 aliphatic rings. The Kier molecular flexibility index (Phi) is 4.11. The number of amides is 2. The van der Waals surface area contributed by atoms with Crippen LogP contribution >= 0.6 is 0 Å². The zero-order chi connectivity index (χ0) is 15.8. The summed E-state index contributed by atoms with van der Waals surface area (Å²) < 4.78 is 36.9. The number of carboxylic acids is 1. The molecule has 0 aromatic heterocycles. The first-order valence-electron chi connectivity index (χ1n) is 6.53. The average molecular weight is 308 g/mol. The normalized spacial score (nSPS) is 26.5. The maximum absolute atomic E-state index is 12.3. The van der Waals surface area contributed by atoms with Crippen LogP contribution in [0.1, 0.15) is 12.8 Å². The van der Waals surface area contributed by atoms with Gasteiger partial charge in [0.15, 0.2) is 0 Å². The lowest BCUT2D eigenvalue weighted by molar-refractivity contribution is -0.157. The van der Waals surface area contributed by atoms with Crippen molar-refractivity contribution in [3.8, 4) is 0 Å². The van der Waals surface area contributed by atoms with Gasteiger partial charge in [-0.05, 0) is 6.42 Å². The van der Waals surface area contributed by atoms with Gasteiger partial charge in [-0.25, -0.2) is 0 Å². The second kappa shape index (κ2) is 5.53. The number of nitrogens with zero attached hydrogens (tertiary/aromatic N) is 2. The molecule has 0 aromatic rings. The fourth-order valence-corrected chi connectivity index (χ4v) is 2.73. The monoisotopic (exact) mass is 308 g/mol. The van der Waals surface area contributed by atoms with Crippen LogP contribution in [0.2, 0.25) is 0 Å². The molecular formula is C12H15F3N2O4. The molecule has 2 fully saturated rings. The number of halogens is 3. The summed E-state index contributed by atoms with van der Waals surface area (Å²) in [5, 5.41) is 8.86. The lowest BCUT2D eigenvalue weighted by atomic mass is 10.1. The van der Waals surface area contributed by atoms with Gasteiger partial charge in [0, 0.05) is 26.1 Å². The SMILES string of the molecule is O=C(O)[C@@H]1CCN(C(=O)[C@@H]2CC(=O)N(CC(F)(F)F)C2)C1. The lowest BCUT2D eigenvalue weighted by Crippen LogP contribution is -2.38. The van der Waals surface area contributed by atoms with Crippen LogP contribution in [0.3, 0.4) is 0 Å². The summed E-state index contributed by atoms with van der Waals surface area (Å²) >= 11 is 0. The minimum atomic E-state index is -4.49. The summed E-state index contributed by atoms with van der Waals surface area (Å²) in [5.74, 6) is -3.58. The van der Waals surface area contributed by atoms with Crippen molar-refractivity contribution in [1.82, 2.24) is 9.80 Å². The predicted molar refractivity (Wildman–Crippen MR) is 63.1 cm³/mol. The summed E-state index contributed by atoms with van der Waals surface area (Å²) in [5.41, 5.74) is 0. The molecule has 0 radical (unpaired) electrons. The van der Waals surface area contributed by atoms with E-state index in [2.05, 4.69) is 0 Å². The number of carbonyl (C=O) groups excluding carboxylic acids is 2. The summed E-state index contributed by atoms with van der Waals surface area (Å²) in [6.45, 7) is -1.29. The van der Waals surface area contributed by atoms with Gasteiger partial charge in [-0.15, -0.1) is 0 Å². The van der Waals surface area contributed by atoms with Gasteiger partial charge in [-0.2, -0.15) is 13.2 Å². The molecule has 0 saturated carbocycles. The van der Waals surface area contributed by atoms with E-state index in [0.29, 0.717) is 11.3 Å². The van der Waals surface area contributed by atoms with E-state index in [1.165, 1.54) is 4.90 Å². The van der Waals surface area contributed by atoms with Gasteiger partial charge in [0.05, 0.1) is 11.8 Å². The Morgan fingerprint density at radius 2 is 1.90 bits per heavy atom. The van der Waals surface area contributed by atoms with Crippen LogP contribution in [0.5, 0.6) is 0 Å². The van der Waals surface area contributed by atoms with Crippen LogP contribution in [-0.2, 0) is 14.4 Å². The minimum Gasteiger partial charge on any atom is -0.481 e. The Morgan fingerprint density at radius 3 is 2.43 bits per heavy atom. The van der Waals surface area contributed by atoms with Gasteiger partial charge < -0.3 is 14.9 Å². The van der Waals surface area contributed by atoms with Crippen molar-refractivity contribution < 1.29 is 32.7 Å². The van der Waals surface area contributed by atoms with Crippen molar-refractivity contribution in [3.63, 3.8) is 0 Å². The standard InChI is InChI=1S/C12H15F3N2O4/c13-12(14,15)6-17-5-8(3-9(17)18)10(19)16-2-1-7(4-16)11(20)21/h7-8H,1-6H2,(H,20,21)/t7-,8-/m1/s1. The zero-order valence-corrected chi connectivity index (χ0v) is 11.1. The lowest BCUT2D eigenvalue weighted by Gasteiger charge is -2.21. The molecule has 2 amide bonds. The maximum Gasteiger partial charge on any atom is 0.406 e. The summed E-state index contributed by atoms with van der Waals surface area (Å²) in [4.78, 5) is 36.4. The Morgan fingerprint density at radius 1 is 1.24 bits per heavy atom. The minimum absolute atomic E-state index is 0.0537. The van der Waals surface area contributed by atoms with Gasteiger partial charge in [0.2, 0.25) is 11.8 Å². The number of hydrogen-bond donors (Lipinski definition) is 1. The van der Waals surface area contributed by atoms with Crippen LogP contribution in [-0.4, -0.2) is 65.0 Å². The van der Waals surface area contributed by atoms with Crippen molar-refractivity contribution in [3.05, 3.63) is 0 Å². The smallest absolute Gasteiger partial charge is 0.406 e. The Hall–Kier alpha value is -1.80. The highest BCUT2D eigenvalue weighted by Crippen LogP contribution is 2.27. The Labute approximate surface area is 118 Å².